The molecule has 0 aliphatic heterocycles. The van der Waals surface area contributed by atoms with Gasteiger partial charge in [0.05, 0.1) is 13.2 Å². The number of rotatable bonds is 3. The number of alkyl carbamates (subject to hydrolysis) is 1. The van der Waals surface area contributed by atoms with Gasteiger partial charge in [-0.1, -0.05) is 50.0 Å². The molecule has 1 amide bonds. The van der Waals surface area contributed by atoms with Crippen molar-refractivity contribution < 1.29 is 9.53 Å². The molecule has 0 bridgehead atoms. The number of benzene rings is 1. The normalized spacial score (nSPS) is 15.3. The van der Waals surface area contributed by atoms with E-state index in [4.69, 9.17) is 4.74 Å². The highest BCUT2D eigenvalue weighted by molar-refractivity contribution is 6.79. The maximum Gasteiger partial charge on any atom is 0.408 e. The van der Waals surface area contributed by atoms with E-state index in [0.29, 0.717) is 0 Å². The Balaban J connectivity index is 3.07. The van der Waals surface area contributed by atoms with Crippen LogP contribution in [0.5, 0.6) is 0 Å². The molecule has 3 nitrogen and oxygen atoms in total. The van der Waals surface area contributed by atoms with Gasteiger partial charge in [-0.25, -0.2) is 4.79 Å². The molecule has 1 rings (SSSR count). The van der Waals surface area contributed by atoms with E-state index in [1.54, 1.807) is 0 Å². The average Bonchev–Trinajstić information content (AvgIpc) is 2.25. The zero-order valence-corrected chi connectivity index (χ0v) is 14.7. The van der Waals surface area contributed by atoms with E-state index < -0.39 is 13.7 Å². The van der Waals surface area contributed by atoms with Gasteiger partial charge in [0.25, 0.3) is 0 Å². The van der Waals surface area contributed by atoms with E-state index in [0.717, 1.165) is 5.56 Å². The van der Waals surface area contributed by atoms with Crippen LogP contribution in [-0.4, -0.2) is 19.8 Å². The minimum absolute atomic E-state index is 0.355. The molecule has 0 aliphatic rings. The summed E-state index contributed by atoms with van der Waals surface area (Å²) in [7, 11) is -1.70. The number of hydrogen-bond acceptors (Lipinski definition) is 2. The summed E-state index contributed by atoms with van der Waals surface area (Å²) in [6.45, 7) is 14.5. The second-order valence-electron chi connectivity index (χ2n) is 7.37. The lowest BCUT2D eigenvalue weighted by molar-refractivity contribution is 0.0490. The van der Waals surface area contributed by atoms with Gasteiger partial charge in [-0.3, -0.25) is 0 Å². The first-order valence-electron chi connectivity index (χ1n) is 7.02. The summed E-state index contributed by atoms with van der Waals surface area (Å²) in [4.78, 5) is 12.2. The minimum Gasteiger partial charge on any atom is -0.444 e. The molecular weight excluding hydrogens is 266 g/mol. The molecule has 0 aromatic heterocycles. The predicted molar refractivity (Wildman–Crippen MR) is 86.5 cm³/mol. The molecule has 0 radical (unpaired) electrons. The quantitative estimate of drug-likeness (QED) is 0.844. The minimum atomic E-state index is -1.70. The second kappa shape index (κ2) is 5.60. The van der Waals surface area contributed by atoms with E-state index in [9.17, 15) is 4.79 Å². The zero-order valence-electron chi connectivity index (χ0n) is 13.7. The van der Waals surface area contributed by atoms with Crippen molar-refractivity contribution in [1.29, 1.82) is 0 Å². The number of amides is 1. The monoisotopic (exact) mass is 293 g/mol. The Morgan fingerprint density at radius 3 is 1.95 bits per heavy atom. The molecule has 0 heterocycles. The first kappa shape index (κ1) is 16.8. The molecule has 20 heavy (non-hydrogen) atoms. The predicted octanol–water partition coefficient (Wildman–Crippen LogP) is 4.30. The second-order valence-corrected chi connectivity index (χ2v) is 12.9. The van der Waals surface area contributed by atoms with Crippen molar-refractivity contribution in [2.45, 2.75) is 58.1 Å². The fourth-order valence-electron chi connectivity index (χ4n) is 1.97. The third kappa shape index (κ3) is 4.10. The third-order valence-corrected chi connectivity index (χ3v) is 7.02. The van der Waals surface area contributed by atoms with E-state index in [-0.39, 0.29) is 11.3 Å². The van der Waals surface area contributed by atoms with Gasteiger partial charge < -0.3 is 10.1 Å². The summed E-state index contributed by atoms with van der Waals surface area (Å²) in [5, 5.41) is 2.74. The van der Waals surface area contributed by atoms with Gasteiger partial charge in [-0.05, 0) is 33.3 Å². The van der Waals surface area contributed by atoms with Crippen molar-refractivity contribution in [3.63, 3.8) is 0 Å². The summed E-state index contributed by atoms with van der Waals surface area (Å²) in [6.07, 6.45) is -0.355. The van der Waals surface area contributed by atoms with E-state index in [2.05, 4.69) is 44.0 Å². The first-order valence-corrected chi connectivity index (χ1v) is 10.5. The Bertz CT molecular complexity index is 460. The average molecular weight is 293 g/mol. The van der Waals surface area contributed by atoms with Crippen LogP contribution in [0.25, 0.3) is 0 Å². The number of nitrogens with one attached hydrogen (secondary N) is 1. The fourth-order valence-corrected chi connectivity index (χ4v) is 3.48. The Labute approximate surface area is 123 Å². The summed E-state index contributed by atoms with van der Waals surface area (Å²) in [6, 6.07) is 10.1. The molecule has 1 aromatic rings. The van der Waals surface area contributed by atoms with E-state index in [1.165, 1.54) is 0 Å². The standard InChI is InChI=1S/C16H27NO2Si/c1-15(2,3)19-14(18)17-16(4,20(5,6)7)13-11-9-8-10-12-13/h8-12H,1-7H3,(H,17,18). The number of hydrogen-bond donors (Lipinski definition) is 1. The van der Waals surface area contributed by atoms with E-state index >= 15 is 0 Å². The van der Waals surface area contributed by atoms with Crippen molar-refractivity contribution in [3.05, 3.63) is 35.9 Å². The van der Waals surface area contributed by atoms with Gasteiger partial charge in [-0.15, -0.1) is 0 Å². The van der Waals surface area contributed by atoms with Crippen LogP contribution in [0.4, 0.5) is 4.79 Å². The fraction of sp³-hybridized carbons (Fsp3) is 0.562. The molecule has 0 spiro atoms. The molecule has 1 atom stereocenters. The molecule has 112 valence electrons. The van der Waals surface area contributed by atoms with Crippen LogP contribution < -0.4 is 5.32 Å². The van der Waals surface area contributed by atoms with Crippen LogP contribution >= 0.6 is 0 Å². The van der Waals surface area contributed by atoms with Crippen molar-refractivity contribution in [3.8, 4) is 0 Å². The Morgan fingerprint density at radius 2 is 1.55 bits per heavy atom. The zero-order chi connectivity index (χ0) is 15.6. The molecule has 1 N–H and O–H groups in total. The van der Waals surface area contributed by atoms with Gasteiger partial charge in [0.15, 0.2) is 0 Å². The number of ether oxygens (including phenoxy) is 1. The summed E-state index contributed by atoms with van der Waals surface area (Å²) >= 11 is 0. The Kier molecular flexibility index (Phi) is 4.69. The molecule has 0 aliphatic carbocycles. The van der Waals surface area contributed by atoms with Crippen LogP contribution in [-0.2, 0) is 9.90 Å². The van der Waals surface area contributed by atoms with Gasteiger partial charge in [-0.2, -0.15) is 0 Å². The smallest absolute Gasteiger partial charge is 0.408 e. The molecule has 4 heteroatoms. The summed E-state index contributed by atoms with van der Waals surface area (Å²) < 4.78 is 5.42. The maximum atomic E-state index is 12.2. The van der Waals surface area contributed by atoms with E-state index in [1.807, 2.05) is 39.0 Å². The van der Waals surface area contributed by atoms with Crippen molar-refractivity contribution >= 4 is 14.2 Å². The van der Waals surface area contributed by atoms with Gasteiger partial charge in [0.2, 0.25) is 0 Å². The van der Waals surface area contributed by atoms with Gasteiger partial charge in [0.1, 0.15) is 5.60 Å². The lowest BCUT2D eigenvalue weighted by atomic mass is 10.1. The molecule has 1 unspecified atom stereocenters. The van der Waals surface area contributed by atoms with Crippen molar-refractivity contribution in [1.82, 2.24) is 5.32 Å². The lowest BCUT2D eigenvalue weighted by Gasteiger charge is -2.42. The first-order chi connectivity index (χ1) is 8.96. The molecule has 0 saturated carbocycles. The summed E-state index contributed by atoms with van der Waals surface area (Å²) in [5.74, 6) is 0. The Hall–Kier alpha value is -1.29. The van der Waals surface area contributed by atoms with Crippen molar-refractivity contribution in [2.24, 2.45) is 0 Å². The topological polar surface area (TPSA) is 38.3 Å². The third-order valence-electron chi connectivity index (χ3n) is 3.60. The number of carbonyl (C=O) groups is 1. The maximum absolute atomic E-state index is 12.2. The molecular formula is C16H27NO2Si. The van der Waals surface area contributed by atoms with Crippen LogP contribution in [0, 0.1) is 0 Å². The number of carbonyl (C=O) groups excluding carboxylic acids is 1. The molecule has 0 saturated heterocycles. The highest BCUT2D eigenvalue weighted by Gasteiger charge is 2.42. The highest BCUT2D eigenvalue weighted by atomic mass is 28.3. The lowest BCUT2D eigenvalue weighted by Crippen LogP contribution is -2.59. The van der Waals surface area contributed by atoms with Crippen LogP contribution in [0.1, 0.15) is 33.3 Å². The largest absolute Gasteiger partial charge is 0.444 e. The van der Waals surface area contributed by atoms with Crippen LogP contribution in [0.2, 0.25) is 19.6 Å². The summed E-state index contributed by atoms with van der Waals surface area (Å²) in [5.41, 5.74) is 0.645. The van der Waals surface area contributed by atoms with Gasteiger partial charge in [0, 0.05) is 0 Å². The Morgan fingerprint density at radius 1 is 1.05 bits per heavy atom. The SMILES string of the molecule is CC(C)(C)OC(=O)NC(C)(c1ccccc1)[Si](C)(C)C. The van der Waals surface area contributed by atoms with Crippen LogP contribution in [0.15, 0.2) is 30.3 Å². The van der Waals surface area contributed by atoms with Crippen molar-refractivity contribution in [2.75, 3.05) is 0 Å². The molecule has 1 aromatic carbocycles. The van der Waals surface area contributed by atoms with Gasteiger partial charge >= 0.3 is 6.09 Å². The molecule has 0 fully saturated rings. The highest BCUT2D eigenvalue weighted by Crippen LogP contribution is 2.31. The van der Waals surface area contributed by atoms with Crippen LogP contribution in [0.3, 0.4) is 0 Å².